The van der Waals surface area contributed by atoms with Crippen LogP contribution in [0.1, 0.15) is 25.3 Å². The molecule has 1 aliphatic heterocycles. The lowest BCUT2D eigenvalue weighted by Crippen LogP contribution is -2.47. The molecule has 3 N–H and O–H groups in total. The number of benzene rings is 1. The van der Waals surface area contributed by atoms with Gasteiger partial charge in [0.15, 0.2) is 11.6 Å². The minimum atomic E-state index is -0.572. The molecule has 0 unspecified atom stereocenters. The highest BCUT2D eigenvalue weighted by Crippen LogP contribution is 2.39. The van der Waals surface area contributed by atoms with Gasteiger partial charge in [0, 0.05) is 75.5 Å². The average molecular weight is 577 g/mol. The van der Waals surface area contributed by atoms with Crippen molar-refractivity contribution in [3.63, 3.8) is 0 Å². The van der Waals surface area contributed by atoms with Gasteiger partial charge >= 0.3 is 6.03 Å². The van der Waals surface area contributed by atoms with E-state index < -0.39 is 5.82 Å². The van der Waals surface area contributed by atoms with Crippen molar-refractivity contribution >= 4 is 33.3 Å². The number of thiophene rings is 1. The van der Waals surface area contributed by atoms with Gasteiger partial charge in [0.05, 0.1) is 26.9 Å². The molecule has 4 heterocycles. The number of aromatic nitrogens is 2. The first-order valence-corrected chi connectivity index (χ1v) is 14.7. The van der Waals surface area contributed by atoms with Gasteiger partial charge in [-0.2, -0.15) is 0 Å². The van der Waals surface area contributed by atoms with Crippen LogP contribution >= 0.6 is 11.3 Å². The molecule has 1 atom stereocenters. The highest BCUT2D eigenvalue weighted by molar-refractivity contribution is 7.22. The maximum atomic E-state index is 14.9. The van der Waals surface area contributed by atoms with Gasteiger partial charge in [-0.05, 0) is 49.6 Å². The molecule has 0 spiro atoms. The molecule has 214 valence electrons. The van der Waals surface area contributed by atoms with Gasteiger partial charge in [-0.15, -0.1) is 11.3 Å². The topological polar surface area (TPSA) is 103 Å². The molecule has 1 saturated heterocycles. The summed E-state index contributed by atoms with van der Waals surface area (Å²) in [6.45, 7) is 7.24. The molecule has 3 aromatic heterocycles. The van der Waals surface area contributed by atoms with Crippen molar-refractivity contribution in [1.82, 2.24) is 25.1 Å². The number of carbonyl (C=O) groups is 1. The fraction of sp³-hybridized carbons (Fsp3) is 0.367. The number of hydrogen-bond acceptors (Lipinski definition) is 8. The van der Waals surface area contributed by atoms with Crippen molar-refractivity contribution in [1.29, 1.82) is 0 Å². The average Bonchev–Trinajstić information content (AvgIpc) is 3.65. The van der Waals surface area contributed by atoms with Crippen LogP contribution in [0.2, 0.25) is 0 Å². The van der Waals surface area contributed by atoms with Crippen LogP contribution in [0, 0.1) is 5.82 Å². The Morgan fingerprint density at radius 2 is 1.90 bits per heavy atom. The summed E-state index contributed by atoms with van der Waals surface area (Å²) in [5.74, 6) is -0.00365. The minimum Gasteiger partial charge on any atom is -0.453 e. The van der Waals surface area contributed by atoms with Crippen molar-refractivity contribution in [3.05, 3.63) is 66.2 Å². The molecule has 41 heavy (non-hydrogen) atoms. The second kappa shape index (κ2) is 12.1. The Morgan fingerprint density at radius 1 is 1.10 bits per heavy atom. The van der Waals surface area contributed by atoms with E-state index >= 15 is 0 Å². The third-order valence-corrected chi connectivity index (χ3v) is 8.33. The van der Waals surface area contributed by atoms with Gasteiger partial charge in [-0.3, -0.25) is 19.8 Å². The Balaban J connectivity index is 1.11. The smallest absolute Gasteiger partial charge is 0.319 e. The molecule has 2 fully saturated rings. The Labute approximate surface area is 242 Å². The molecule has 2 amide bonds. The maximum Gasteiger partial charge on any atom is 0.319 e. The molecule has 0 radical (unpaired) electrons. The summed E-state index contributed by atoms with van der Waals surface area (Å²) in [4.78, 5) is 26.8. The molecule has 2 aliphatic rings. The van der Waals surface area contributed by atoms with E-state index in [9.17, 15) is 14.3 Å². The zero-order chi connectivity index (χ0) is 28.3. The SMILES string of the molecule is C[C@H](O)CN1CCN(Cc2ccc(-c3cc4nccc(Oc5ccc(NC(=O)NC6CC6)cc5F)c4s3)nc2)CC1. The second-order valence-corrected chi connectivity index (χ2v) is 11.8. The zero-order valence-corrected chi connectivity index (χ0v) is 23.7. The summed E-state index contributed by atoms with van der Waals surface area (Å²) < 4.78 is 21.6. The van der Waals surface area contributed by atoms with Crippen LogP contribution in [0.25, 0.3) is 20.8 Å². The van der Waals surface area contributed by atoms with Gasteiger partial charge in [-0.25, -0.2) is 9.18 Å². The van der Waals surface area contributed by atoms with E-state index in [2.05, 4.69) is 31.5 Å². The Hall–Kier alpha value is -3.64. The van der Waals surface area contributed by atoms with E-state index in [0.717, 1.165) is 78.5 Å². The number of halogens is 1. The van der Waals surface area contributed by atoms with Crippen molar-refractivity contribution in [2.45, 2.75) is 38.5 Å². The van der Waals surface area contributed by atoms with Gasteiger partial charge in [0.2, 0.25) is 0 Å². The summed E-state index contributed by atoms with van der Waals surface area (Å²) >= 11 is 1.50. The fourth-order valence-corrected chi connectivity index (χ4v) is 5.95. The molecule has 9 nitrogen and oxygen atoms in total. The first-order chi connectivity index (χ1) is 19.9. The highest BCUT2D eigenvalue weighted by Gasteiger charge is 2.23. The predicted octanol–water partition coefficient (Wildman–Crippen LogP) is 5.07. The lowest BCUT2D eigenvalue weighted by Gasteiger charge is -2.35. The summed E-state index contributed by atoms with van der Waals surface area (Å²) in [5, 5.41) is 15.1. The van der Waals surface area contributed by atoms with Gasteiger partial charge < -0.3 is 20.5 Å². The molecular weight excluding hydrogens is 543 g/mol. The van der Waals surface area contributed by atoms with E-state index in [4.69, 9.17) is 9.72 Å². The summed E-state index contributed by atoms with van der Waals surface area (Å²) in [6.07, 6.45) is 5.22. The van der Waals surface area contributed by atoms with Crippen molar-refractivity contribution in [2.75, 3.05) is 38.0 Å². The fourth-order valence-electron chi connectivity index (χ4n) is 4.91. The number of aliphatic hydroxyl groups excluding tert-OH is 1. The first kappa shape index (κ1) is 27.5. The van der Waals surface area contributed by atoms with Crippen LogP contribution in [0.3, 0.4) is 0 Å². The number of carbonyl (C=O) groups excluding carboxylic acids is 1. The third-order valence-electron chi connectivity index (χ3n) is 7.17. The Bertz CT molecular complexity index is 1520. The normalized spacial score (nSPS) is 17.0. The Morgan fingerprint density at radius 3 is 2.61 bits per heavy atom. The minimum absolute atomic E-state index is 0.0646. The molecule has 1 saturated carbocycles. The standard InChI is InChI=1S/C30H33FN6O3S/c1-19(38)17-36-10-12-37(13-11-36)18-20-2-6-24(33-16-20)28-15-25-29(41-28)27(8-9-32-25)40-26-7-5-22(14-23(26)31)35-30(39)34-21-3-4-21/h2,5-9,14-16,19,21,38H,3-4,10-13,17-18H2,1H3,(H2,34,35,39)/t19-/m0/s1. The maximum absolute atomic E-state index is 14.9. The van der Waals surface area contributed by atoms with Gasteiger partial charge in [0.1, 0.15) is 5.75 Å². The van der Waals surface area contributed by atoms with E-state index in [-0.39, 0.29) is 23.9 Å². The number of hydrogen-bond donors (Lipinski definition) is 3. The quantitative estimate of drug-likeness (QED) is 0.256. The number of piperazine rings is 1. The van der Waals surface area contributed by atoms with E-state index in [1.807, 2.05) is 25.3 Å². The first-order valence-electron chi connectivity index (χ1n) is 13.9. The third kappa shape index (κ3) is 6.99. The number of amides is 2. The second-order valence-electron chi connectivity index (χ2n) is 10.7. The van der Waals surface area contributed by atoms with Crippen LogP contribution in [0.5, 0.6) is 11.5 Å². The molecule has 6 rings (SSSR count). The monoisotopic (exact) mass is 576 g/mol. The molecule has 1 aromatic carbocycles. The van der Waals surface area contributed by atoms with Crippen LogP contribution in [-0.2, 0) is 6.54 Å². The number of rotatable bonds is 9. The summed E-state index contributed by atoms with van der Waals surface area (Å²) in [5.41, 5.74) is 3.10. The number of nitrogens with zero attached hydrogens (tertiary/aromatic N) is 4. The largest absolute Gasteiger partial charge is 0.453 e. The van der Waals surface area contributed by atoms with E-state index in [1.54, 1.807) is 18.3 Å². The number of nitrogens with one attached hydrogen (secondary N) is 2. The summed E-state index contributed by atoms with van der Waals surface area (Å²) in [7, 11) is 0. The van der Waals surface area contributed by atoms with E-state index in [0.29, 0.717) is 11.4 Å². The molecular formula is C30H33FN6O3S. The molecule has 1 aliphatic carbocycles. The van der Waals surface area contributed by atoms with Crippen molar-refractivity contribution in [2.24, 2.45) is 0 Å². The molecule has 11 heteroatoms. The molecule has 4 aromatic rings. The highest BCUT2D eigenvalue weighted by atomic mass is 32.1. The zero-order valence-electron chi connectivity index (χ0n) is 22.8. The number of β-amino-alcohol motifs (C(OH)–C–C–N with tert-alkyl or cyclic N) is 1. The van der Waals surface area contributed by atoms with Crippen LogP contribution in [0.4, 0.5) is 14.9 Å². The van der Waals surface area contributed by atoms with Crippen LogP contribution < -0.4 is 15.4 Å². The summed E-state index contributed by atoms with van der Waals surface area (Å²) in [6, 6.07) is 12.1. The number of urea groups is 1. The molecule has 0 bridgehead atoms. The lowest BCUT2D eigenvalue weighted by atomic mass is 10.2. The van der Waals surface area contributed by atoms with Crippen molar-refractivity contribution < 1.29 is 19.0 Å². The number of ether oxygens (including phenoxy) is 1. The van der Waals surface area contributed by atoms with Crippen LogP contribution in [-0.4, -0.2) is 75.8 Å². The predicted molar refractivity (Wildman–Crippen MR) is 158 cm³/mol. The lowest BCUT2D eigenvalue weighted by molar-refractivity contribution is 0.0780. The van der Waals surface area contributed by atoms with Crippen LogP contribution in [0.15, 0.2) is 54.9 Å². The van der Waals surface area contributed by atoms with Gasteiger partial charge in [0.25, 0.3) is 0 Å². The number of aliphatic hydroxyl groups is 1. The number of fused-ring (bicyclic) bond motifs is 1. The Kier molecular flexibility index (Phi) is 8.11. The van der Waals surface area contributed by atoms with Gasteiger partial charge in [-0.1, -0.05) is 6.07 Å². The number of pyridine rings is 2. The number of anilines is 1. The van der Waals surface area contributed by atoms with E-state index in [1.165, 1.54) is 23.5 Å². The van der Waals surface area contributed by atoms with Crippen molar-refractivity contribution in [3.8, 4) is 22.1 Å².